The lowest BCUT2D eigenvalue weighted by atomic mass is 9.94. The van der Waals surface area contributed by atoms with Crippen molar-refractivity contribution in [2.24, 2.45) is 0 Å². The topological polar surface area (TPSA) is 99.9 Å². The fourth-order valence-electron chi connectivity index (χ4n) is 3.32. The van der Waals surface area contributed by atoms with Gasteiger partial charge in [0.25, 0.3) is 0 Å². The highest BCUT2D eigenvalue weighted by Gasteiger charge is 2.47. The molecule has 1 atom stereocenters. The van der Waals surface area contributed by atoms with Crippen LogP contribution < -0.4 is 14.4 Å². The summed E-state index contributed by atoms with van der Waals surface area (Å²) in [6, 6.07) is 26.5. The second-order valence-electron chi connectivity index (χ2n) is 8.75. The molecule has 194 valence electrons. The lowest BCUT2D eigenvalue weighted by Crippen LogP contribution is -2.45. The zero-order valence-electron chi connectivity index (χ0n) is 20.9. The van der Waals surface area contributed by atoms with E-state index in [1.54, 1.807) is 60.7 Å². The third-order valence-corrected chi connectivity index (χ3v) is 6.86. The molecule has 37 heavy (non-hydrogen) atoms. The number of nitrogens with zero attached hydrogens (tertiary/aromatic N) is 1. The summed E-state index contributed by atoms with van der Waals surface area (Å²) in [5, 5.41) is 15.1. The minimum absolute atomic E-state index is 0.243. The van der Waals surface area contributed by atoms with Gasteiger partial charge in [-0.05, 0) is 55.8 Å². The van der Waals surface area contributed by atoms with Gasteiger partial charge >= 0.3 is 7.82 Å². The maximum Gasteiger partial charge on any atom is 0.588 e. The molecule has 3 rings (SSSR count). The Bertz CT molecular complexity index is 1180. The largest absolute Gasteiger partial charge is 0.588 e. The van der Waals surface area contributed by atoms with Crippen LogP contribution >= 0.6 is 7.82 Å². The monoisotopic (exact) mass is 522 g/mol. The smallest absolute Gasteiger partial charge is 0.395 e. The van der Waals surface area contributed by atoms with Crippen LogP contribution in [0.5, 0.6) is 11.5 Å². The Morgan fingerprint density at radius 2 is 1.43 bits per heavy atom. The summed E-state index contributed by atoms with van der Waals surface area (Å²) < 4.78 is 31.0. The fraction of sp³-hybridized carbons (Fsp3) is 0.286. The van der Waals surface area contributed by atoms with Gasteiger partial charge in [0.15, 0.2) is 0 Å². The molecule has 0 radical (unpaired) electrons. The molecule has 1 N–H and O–H groups in total. The lowest BCUT2D eigenvalue weighted by Gasteiger charge is -2.29. The molecule has 0 saturated heterocycles. The van der Waals surface area contributed by atoms with E-state index < -0.39 is 24.4 Å². The molecular weight excluding hydrogens is 491 g/mol. The number of phosphoric acid groups is 1. The summed E-state index contributed by atoms with van der Waals surface area (Å²) in [4.78, 5) is 11.5. The molecule has 0 spiro atoms. The van der Waals surface area contributed by atoms with Crippen LogP contribution in [0.25, 0.3) is 0 Å². The Labute approximate surface area is 217 Å². The first-order chi connectivity index (χ1) is 17.8. The maximum atomic E-state index is 13.8. The number of nitro groups is 1. The highest BCUT2D eigenvalue weighted by atomic mass is 31.2. The Hall–Kier alpha value is -3.63. The van der Waals surface area contributed by atoms with Crippen LogP contribution in [-0.2, 0) is 9.09 Å². The summed E-state index contributed by atoms with van der Waals surface area (Å²) in [6.45, 7) is 3.88. The molecule has 1 unspecified atom stereocenters. The lowest BCUT2D eigenvalue weighted by molar-refractivity contribution is -0.572. The second kappa shape index (κ2) is 13.6. The standard InChI is InChI=1S/C28H31N2O6P/c1-28(2,30(31)32)27(21-13-23-29-22-12-16-24-14-6-3-7-15-24)36-37(33,34-25-17-8-4-9-18-25)35-26-19-10-5-11-20-26/h3-11,14-15,17-20,27,29H,13,21-23H2,1-2H3. The molecule has 0 saturated carbocycles. The Balaban J connectivity index is 1.68. The summed E-state index contributed by atoms with van der Waals surface area (Å²) in [6.07, 6.45) is -0.295. The van der Waals surface area contributed by atoms with Crippen molar-refractivity contribution in [3.63, 3.8) is 0 Å². The Morgan fingerprint density at radius 1 is 0.919 bits per heavy atom. The van der Waals surface area contributed by atoms with Gasteiger partial charge in [0.05, 0.1) is 6.54 Å². The van der Waals surface area contributed by atoms with E-state index in [-0.39, 0.29) is 17.9 Å². The predicted octanol–water partition coefficient (Wildman–Crippen LogP) is 6.11. The van der Waals surface area contributed by atoms with E-state index >= 15 is 0 Å². The van der Waals surface area contributed by atoms with Crippen molar-refractivity contribution >= 4 is 7.82 Å². The van der Waals surface area contributed by atoms with Crippen LogP contribution in [0.4, 0.5) is 0 Å². The third kappa shape index (κ3) is 9.07. The third-order valence-electron chi connectivity index (χ3n) is 5.48. The normalized spacial score (nSPS) is 12.2. The Morgan fingerprint density at radius 3 is 1.95 bits per heavy atom. The van der Waals surface area contributed by atoms with Gasteiger partial charge < -0.3 is 14.4 Å². The molecule has 0 heterocycles. The van der Waals surface area contributed by atoms with Gasteiger partial charge in [-0.15, -0.1) is 0 Å². The molecule has 3 aromatic rings. The molecule has 0 bridgehead atoms. The number of para-hydroxylation sites is 2. The zero-order valence-corrected chi connectivity index (χ0v) is 21.8. The maximum absolute atomic E-state index is 13.8. The molecule has 0 fully saturated rings. The summed E-state index contributed by atoms with van der Waals surface area (Å²) in [5.41, 5.74) is -0.624. The van der Waals surface area contributed by atoms with Gasteiger partial charge in [-0.3, -0.25) is 14.6 Å². The van der Waals surface area contributed by atoms with Crippen LogP contribution in [0.15, 0.2) is 91.0 Å². The van der Waals surface area contributed by atoms with E-state index in [1.807, 2.05) is 30.3 Å². The number of benzene rings is 3. The van der Waals surface area contributed by atoms with Crippen molar-refractivity contribution in [1.29, 1.82) is 0 Å². The zero-order chi connectivity index (χ0) is 26.6. The number of phosphoric ester groups is 1. The van der Waals surface area contributed by atoms with Crippen LogP contribution in [0, 0.1) is 22.0 Å². The van der Waals surface area contributed by atoms with Crippen molar-refractivity contribution in [2.75, 3.05) is 13.1 Å². The van der Waals surface area contributed by atoms with Gasteiger partial charge in [0.1, 0.15) is 17.6 Å². The highest BCUT2D eigenvalue weighted by Crippen LogP contribution is 2.52. The predicted molar refractivity (Wildman–Crippen MR) is 143 cm³/mol. The van der Waals surface area contributed by atoms with Gasteiger partial charge in [0, 0.05) is 24.3 Å². The van der Waals surface area contributed by atoms with E-state index in [4.69, 9.17) is 13.6 Å². The summed E-state index contributed by atoms with van der Waals surface area (Å²) in [5.74, 6) is 6.63. The van der Waals surface area contributed by atoms with Crippen molar-refractivity contribution in [3.8, 4) is 23.3 Å². The average Bonchev–Trinajstić information content (AvgIpc) is 2.89. The first-order valence-corrected chi connectivity index (χ1v) is 13.4. The van der Waals surface area contributed by atoms with E-state index in [0.29, 0.717) is 19.5 Å². The van der Waals surface area contributed by atoms with Gasteiger partial charge in [-0.1, -0.05) is 66.4 Å². The summed E-state index contributed by atoms with van der Waals surface area (Å²) in [7, 11) is -4.30. The van der Waals surface area contributed by atoms with Crippen molar-refractivity contribution < 1.29 is 23.1 Å². The first-order valence-electron chi connectivity index (χ1n) is 12.0. The van der Waals surface area contributed by atoms with E-state index in [1.165, 1.54) is 13.8 Å². The second-order valence-corrected chi connectivity index (χ2v) is 10.2. The van der Waals surface area contributed by atoms with E-state index in [9.17, 15) is 14.7 Å². The molecule has 8 nitrogen and oxygen atoms in total. The first kappa shape index (κ1) is 27.9. The van der Waals surface area contributed by atoms with Crippen molar-refractivity contribution in [1.82, 2.24) is 5.32 Å². The molecular formula is C28H31N2O6P. The Kier molecular flexibility index (Phi) is 10.3. The molecule has 0 amide bonds. The molecule has 0 aliphatic heterocycles. The highest BCUT2D eigenvalue weighted by molar-refractivity contribution is 7.49. The number of hydrogen-bond acceptors (Lipinski definition) is 7. The molecule has 0 aliphatic rings. The minimum atomic E-state index is -4.30. The van der Waals surface area contributed by atoms with Crippen LogP contribution in [0.1, 0.15) is 32.3 Å². The van der Waals surface area contributed by atoms with Crippen LogP contribution in [0.3, 0.4) is 0 Å². The van der Waals surface area contributed by atoms with Gasteiger partial charge in [-0.2, -0.15) is 0 Å². The van der Waals surface area contributed by atoms with Gasteiger partial charge in [-0.25, -0.2) is 4.57 Å². The average molecular weight is 523 g/mol. The molecule has 0 aromatic heterocycles. The minimum Gasteiger partial charge on any atom is -0.395 e. The van der Waals surface area contributed by atoms with Crippen molar-refractivity contribution in [3.05, 3.63) is 107 Å². The van der Waals surface area contributed by atoms with Gasteiger partial charge in [0.2, 0.25) is 5.54 Å². The fourth-order valence-corrected chi connectivity index (χ4v) is 4.88. The van der Waals surface area contributed by atoms with E-state index in [2.05, 4.69) is 17.2 Å². The number of hydrogen-bond donors (Lipinski definition) is 1. The van der Waals surface area contributed by atoms with Crippen LogP contribution in [0.2, 0.25) is 0 Å². The van der Waals surface area contributed by atoms with Crippen molar-refractivity contribution in [2.45, 2.75) is 38.3 Å². The molecule has 0 aliphatic carbocycles. The summed E-state index contributed by atoms with van der Waals surface area (Å²) >= 11 is 0. The SMILES string of the molecule is CC(C)(C(CCCNCC#Cc1ccccc1)OP(=O)(Oc1ccccc1)Oc1ccccc1)[N+](=O)[O-]. The van der Waals surface area contributed by atoms with Crippen LogP contribution in [-0.4, -0.2) is 29.7 Å². The molecule has 3 aromatic carbocycles. The number of rotatable bonds is 13. The number of nitrogens with one attached hydrogen (secondary N) is 1. The van der Waals surface area contributed by atoms with E-state index in [0.717, 1.165) is 5.56 Å². The quantitative estimate of drug-likeness (QED) is 0.0950. The molecule has 9 heteroatoms.